The second-order valence-corrected chi connectivity index (χ2v) is 6.67. The van der Waals surface area contributed by atoms with Gasteiger partial charge in [0.2, 0.25) is 0 Å². The molecule has 0 unspecified atom stereocenters. The van der Waals surface area contributed by atoms with Crippen LogP contribution in [0.4, 0.5) is 13.2 Å². The number of halogens is 3. The Morgan fingerprint density at radius 2 is 1.96 bits per heavy atom. The first-order chi connectivity index (χ1) is 12.3. The van der Waals surface area contributed by atoms with Crippen LogP contribution >= 0.6 is 0 Å². The molecule has 2 heterocycles. The fraction of sp³-hybridized carbons (Fsp3) is 0.368. The molecule has 1 aliphatic heterocycles. The second kappa shape index (κ2) is 7.07. The number of amides is 1. The number of aromatic nitrogens is 1. The lowest BCUT2D eigenvalue weighted by molar-refractivity contribution is -0.141. The maximum atomic E-state index is 12.7. The van der Waals surface area contributed by atoms with Crippen molar-refractivity contribution in [3.63, 3.8) is 0 Å². The number of hydrogen-bond acceptors (Lipinski definition) is 3. The van der Waals surface area contributed by atoms with E-state index in [1.807, 2.05) is 19.0 Å². The van der Waals surface area contributed by atoms with E-state index >= 15 is 0 Å². The Morgan fingerprint density at radius 3 is 2.54 bits per heavy atom. The van der Waals surface area contributed by atoms with Crippen molar-refractivity contribution in [2.24, 2.45) is 0 Å². The van der Waals surface area contributed by atoms with Crippen molar-refractivity contribution in [3.8, 4) is 11.1 Å². The molecule has 26 heavy (non-hydrogen) atoms. The smallest absolute Gasteiger partial charge is 0.337 e. The number of alkyl halides is 3. The molecule has 138 valence electrons. The summed E-state index contributed by atoms with van der Waals surface area (Å²) in [5.74, 6) is -0.0592. The summed E-state index contributed by atoms with van der Waals surface area (Å²) in [7, 11) is 3.99. The quantitative estimate of drug-likeness (QED) is 0.837. The molecule has 0 spiro atoms. The third kappa shape index (κ3) is 3.88. The summed E-state index contributed by atoms with van der Waals surface area (Å²) >= 11 is 0. The number of hydrogen-bond donors (Lipinski definition) is 0. The fourth-order valence-electron chi connectivity index (χ4n) is 3.09. The summed E-state index contributed by atoms with van der Waals surface area (Å²) in [6.07, 6.45) is -2.35. The van der Waals surface area contributed by atoms with Crippen molar-refractivity contribution in [2.45, 2.75) is 18.6 Å². The maximum absolute atomic E-state index is 12.7. The molecule has 2 aromatic rings. The molecular formula is C19H20F3N3O. The van der Waals surface area contributed by atoms with Crippen LogP contribution in [0.2, 0.25) is 0 Å². The van der Waals surface area contributed by atoms with Crippen LogP contribution in [-0.2, 0) is 6.18 Å². The van der Waals surface area contributed by atoms with Gasteiger partial charge in [-0.05, 0) is 44.3 Å². The largest absolute Gasteiger partial charge is 0.433 e. The highest BCUT2D eigenvalue weighted by Crippen LogP contribution is 2.29. The Kier molecular flexibility index (Phi) is 5.00. The second-order valence-electron chi connectivity index (χ2n) is 6.67. The topological polar surface area (TPSA) is 36.4 Å². The molecule has 1 fully saturated rings. The molecule has 1 saturated heterocycles. The van der Waals surface area contributed by atoms with E-state index in [-0.39, 0.29) is 5.91 Å². The zero-order chi connectivity index (χ0) is 18.9. The molecule has 4 nitrogen and oxygen atoms in total. The molecule has 1 aliphatic rings. The molecular weight excluding hydrogens is 343 g/mol. The summed E-state index contributed by atoms with van der Waals surface area (Å²) in [5.41, 5.74) is 0.808. The average molecular weight is 363 g/mol. The first-order valence-corrected chi connectivity index (χ1v) is 8.35. The van der Waals surface area contributed by atoms with E-state index < -0.39 is 11.9 Å². The number of nitrogens with zero attached hydrogens (tertiary/aromatic N) is 3. The van der Waals surface area contributed by atoms with E-state index in [0.29, 0.717) is 35.8 Å². The van der Waals surface area contributed by atoms with Crippen LogP contribution in [0.25, 0.3) is 11.1 Å². The van der Waals surface area contributed by atoms with Crippen molar-refractivity contribution in [3.05, 3.63) is 53.9 Å². The van der Waals surface area contributed by atoms with Crippen LogP contribution in [0.5, 0.6) is 0 Å². The van der Waals surface area contributed by atoms with Crippen LogP contribution in [-0.4, -0.2) is 53.9 Å². The van der Waals surface area contributed by atoms with Gasteiger partial charge in [0.05, 0.1) is 0 Å². The fourth-order valence-corrected chi connectivity index (χ4v) is 3.09. The maximum Gasteiger partial charge on any atom is 0.433 e. The van der Waals surface area contributed by atoms with Crippen LogP contribution in [0.15, 0.2) is 42.6 Å². The zero-order valence-electron chi connectivity index (χ0n) is 14.6. The minimum absolute atomic E-state index is 0.0592. The van der Waals surface area contributed by atoms with E-state index in [2.05, 4.69) is 9.88 Å². The first kappa shape index (κ1) is 18.4. The number of carbonyl (C=O) groups is 1. The molecule has 1 amide bonds. The number of likely N-dealkylation sites (tertiary alicyclic amines) is 1. The van der Waals surface area contributed by atoms with Crippen LogP contribution in [0, 0.1) is 0 Å². The third-order valence-electron chi connectivity index (χ3n) is 4.68. The molecule has 0 aliphatic carbocycles. The highest BCUT2D eigenvalue weighted by molar-refractivity contribution is 5.95. The summed E-state index contributed by atoms with van der Waals surface area (Å²) < 4.78 is 37.9. The van der Waals surface area contributed by atoms with Gasteiger partial charge in [-0.1, -0.05) is 18.2 Å². The Balaban J connectivity index is 1.79. The number of benzene rings is 1. The lowest BCUT2D eigenvalue weighted by Gasteiger charge is -2.20. The number of carbonyl (C=O) groups excluding carboxylic acids is 1. The van der Waals surface area contributed by atoms with Gasteiger partial charge in [0.15, 0.2) is 0 Å². The highest BCUT2D eigenvalue weighted by Gasteiger charge is 2.32. The third-order valence-corrected chi connectivity index (χ3v) is 4.68. The van der Waals surface area contributed by atoms with Gasteiger partial charge in [-0.15, -0.1) is 0 Å². The van der Waals surface area contributed by atoms with Gasteiger partial charge in [0.25, 0.3) is 5.91 Å². The van der Waals surface area contributed by atoms with Gasteiger partial charge >= 0.3 is 6.18 Å². The summed E-state index contributed by atoms with van der Waals surface area (Å²) in [4.78, 5) is 20.1. The van der Waals surface area contributed by atoms with Gasteiger partial charge in [-0.2, -0.15) is 13.2 Å². The van der Waals surface area contributed by atoms with E-state index in [9.17, 15) is 18.0 Å². The average Bonchev–Trinajstić information content (AvgIpc) is 3.11. The SMILES string of the molecule is CN(C)[C@@H]1CCN(C(=O)c2cccc(-c3ccc(C(F)(F)F)nc3)c2)C1. The molecule has 0 radical (unpaired) electrons. The van der Waals surface area contributed by atoms with Crippen molar-refractivity contribution in [1.29, 1.82) is 0 Å². The number of likely N-dealkylation sites (N-methyl/N-ethyl adjacent to an activating group) is 1. The molecule has 7 heteroatoms. The van der Waals surface area contributed by atoms with E-state index in [0.717, 1.165) is 12.5 Å². The number of pyridine rings is 1. The van der Waals surface area contributed by atoms with Crippen molar-refractivity contribution in [1.82, 2.24) is 14.8 Å². The van der Waals surface area contributed by atoms with Gasteiger partial charge in [-0.25, -0.2) is 0 Å². The van der Waals surface area contributed by atoms with Crippen molar-refractivity contribution in [2.75, 3.05) is 27.2 Å². The summed E-state index contributed by atoms with van der Waals surface area (Å²) in [5, 5.41) is 0. The number of rotatable bonds is 3. The van der Waals surface area contributed by atoms with E-state index in [1.54, 1.807) is 24.3 Å². The minimum atomic E-state index is -4.46. The van der Waals surface area contributed by atoms with E-state index in [1.165, 1.54) is 12.3 Å². The van der Waals surface area contributed by atoms with Crippen molar-refractivity contribution < 1.29 is 18.0 Å². The lowest BCUT2D eigenvalue weighted by atomic mass is 10.0. The normalized spacial score (nSPS) is 17.8. The first-order valence-electron chi connectivity index (χ1n) is 8.35. The summed E-state index contributed by atoms with van der Waals surface area (Å²) in [6.45, 7) is 1.38. The molecule has 0 saturated carbocycles. The highest BCUT2D eigenvalue weighted by atomic mass is 19.4. The predicted octanol–water partition coefficient (Wildman–Crippen LogP) is 3.54. The monoisotopic (exact) mass is 363 g/mol. The molecule has 1 aromatic heterocycles. The zero-order valence-corrected chi connectivity index (χ0v) is 14.6. The van der Waals surface area contributed by atoms with Gasteiger partial charge in [0, 0.05) is 36.5 Å². The lowest BCUT2D eigenvalue weighted by Crippen LogP contribution is -2.34. The molecule has 1 aromatic carbocycles. The molecule has 1 atom stereocenters. The standard InChI is InChI=1S/C19H20F3N3O/c1-24(2)16-8-9-25(12-16)18(26)14-5-3-4-13(10-14)15-6-7-17(23-11-15)19(20,21)22/h3-7,10-11,16H,8-9,12H2,1-2H3/t16-/m1/s1. The Labute approximate surface area is 150 Å². The molecule has 3 rings (SSSR count). The Morgan fingerprint density at radius 1 is 1.19 bits per heavy atom. The van der Waals surface area contributed by atoms with Gasteiger partial charge in [0.1, 0.15) is 5.69 Å². The minimum Gasteiger partial charge on any atom is -0.337 e. The molecule has 0 bridgehead atoms. The van der Waals surface area contributed by atoms with Crippen LogP contribution in [0.3, 0.4) is 0 Å². The van der Waals surface area contributed by atoms with Crippen molar-refractivity contribution >= 4 is 5.91 Å². The van der Waals surface area contributed by atoms with Gasteiger partial charge in [-0.3, -0.25) is 9.78 Å². The Hall–Kier alpha value is -2.41. The predicted molar refractivity (Wildman–Crippen MR) is 92.7 cm³/mol. The Bertz CT molecular complexity index is 787. The van der Waals surface area contributed by atoms with E-state index in [4.69, 9.17) is 0 Å². The van der Waals surface area contributed by atoms with Crippen LogP contribution in [0.1, 0.15) is 22.5 Å². The van der Waals surface area contributed by atoms with Crippen LogP contribution < -0.4 is 0 Å². The summed E-state index contributed by atoms with van der Waals surface area (Å²) in [6, 6.07) is 9.60. The molecule has 0 N–H and O–H groups in total. The van der Waals surface area contributed by atoms with Gasteiger partial charge < -0.3 is 9.80 Å².